The van der Waals surface area contributed by atoms with Gasteiger partial charge in [0.2, 0.25) is 0 Å². The van der Waals surface area contributed by atoms with E-state index in [4.69, 9.17) is 0 Å². The average Bonchev–Trinajstić information content (AvgIpc) is 2.92. The molecule has 1 heterocycles. The number of fused-ring (bicyclic) bond motifs is 2. The van der Waals surface area contributed by atoms with Gasteiger partial charge in [0.05, 0.1) is 5.70 Å². The van der Waals surface area contributed by atoms with Crippen LogP contribution in [0.5, 0.6) is 5.75 Å². The van der Waals surface area contributed by atoms with E-state index in [0.29, 0.717) is 28.7 Å². The number of carbonyl (C=O) groups is 2. The van der Waals surface area contributed by atoms with E-state index in [9.17, 15) is 14.7 Å². The zero-order chi connectivity index (χ0) is 19.6. The Morgan fingerprint density at radius 2 is 1.61 bits per heavy atom. The van der Waals surface area contributed by atoms with Crippen LogP contribution in [-0.2, 0) is 4.79 Å². The largest absolute Gasteiger partial charge is 0.508 e. The summed E-state index contributed by atoms with van der Waals surface area (Å²) in [5, 5.41) is 14.0. The van der Waals surface area contributed by atoms with E-state index in [0.717, 1.165) is 23.4 Å². The Bertz CT molecular complexity index is 1120. The van der Waals surface area contributed by atoms with Crippen LogP contribution in [0.15, 0.2) is 65.4 Å². The first-order chi connectivity index (χ1) is 13.4. The van der Waals surface area contributed by atoms with Crippen molar-refractivity contribution in [3.63, 3.8) is 0 Å². The molecule has 1 aliphatic heterocycles. The lowest BCUT2D eigenvalue weighted by atomic mass is 9.68. The van der Waals surface area contributed by atoms with E-state index in [2.05, 4.69) is 19.2 Å². The van der Waals surface area contributed by atoms with Gasteiger partial charge in [0.15, 0.2) is 11.6 Å². The van der Waals surface area contributed by atoms with Crippen LogP contribution >= 0.6 is 0 Å². The van der Waals surface area contributed by atoms with E-state index in [1.807, 2.05) is 36.4 Å². The molecule has 1 unspecified atom stereocenters. The number of nitrogens with one attached hydrogen (secondary N) is 1. The van der Waals surface area contributed by atoms with Gasteiger partial charge in [-0.1, -0.05) is 56.3 Å². The van der Waals surface area contributed by atoms with Crippen molar-refractivity contribution in [3.05, 3.63) is 82.1 Å². The molecule has 0 radical (unpaired) electrons. The first-order valence-electron chi connectivity index (χ1n) is 9.57. The molecule has 0 aromatic heterocycles. The Morgan fingerprint density at radius 1 is 0.929 bits per heavy atom. The number of phenols is 1. The minimum atomic E-state index is -0.545. The van der Waals surface area contributed by atoms with Crippen LogP contribution in [0.2, 0.25) is 0 Å². The second-order valence-electron chi connectivity index (χ2n) is 8.61. The number of hydrogen-bond acceptors (Lipinski definition) is 4. The predicted octanol–water partition coefficient (Wildman–Crippen LogP) is 4.33. The summed E-state index contributed by atoms with van der Waals surface area (Å²) in [6.07, 6.45) is 1.16. The topological polar surface area (TPSA) is 66.4 Å². The molecule has 1 atom stereocenters. The Labute approximate surface area is 163 Å². The lowest BCUT2D eigenvalue weighted by Gasteiger charge is -2.39. The maximum absolute atomic E-state index is 13.3. The van der Waals surface area contributed by atoms with Crippen molar-refractivity contribution in [2.24, 2.45) is 5.41 Å². The van der Waals surface area contributed by atoms with Crippen LogP contribution in [0, 0.1) is 5.41 Å². The van der Waals surface area contributed by atoms with Gasteiger partial charge in [-0.15, -0.1) is 0 Å². The van der Waals surface area contributed by atoms with Crippen molar-refractivity contribution in [1.82, 2.24) is 5.32 Å². The smallest absolute Gasteiger partial charge is 0.192 e. The fourth-order valence-electron chi connectivity index (χ4n) is 4.83. The normalized spacial score (nSPS) is 22.6. The second kappa shape index (κ2) is 5.68. The minimum Gasteiger partial charge on any atom is -0.508 e. The summed E-state index contributed by atoms with van der Waals surface area (Å²) in [6, 6.07) is 14.5. The summed E-state index contributed by atoms with van der Waals surface area (Å²) >= 11 is 0. The van der Waals surface area contributed by atoms with Crippen LogP contribution in [0.3, 0.4) is 0 Å². The van der Waals surface area contributed by atoms with Crippen molar-refractivity contribution in [2.75, 3.05) is 0 Å². The average molecular weight is 371 g/mol. The highest BCUT2D eigenvalue weighted by molar-refractivity contribution is 6.23. The predicted molar refractivity (Wildman–Crippen MR) is 107 cm³/mol. The SMILES string of the molecule is CC1(C)CC(=O)C2=C(C1)NC1=C(C(=O)c3ccccc31)C2c1ccccc1O. The summed E-state index contributed by atoms with van der Waals surface area (Å²) in [7, 11) is 0. The van der Waals surface area contributed by atoms with Gasteiger partial charge >= 0.3 is 0 Å². The second-order valence-corrected chi connectivity index (χ2v) is 8.61. The number of allylic oxidation sites excluding steroid dienone is 3. The fraction of sp³-hybridized carbons (Fsp3) is 0.250. The van der Waals surface area contributed by atoms with Crippen molar-refractivity contribution >= 4 is 17.3 Å². The maximum atomic E-state index is 13.3. The highest BCUT2D eigenvalue weighted by Gasteiger charge is 2.46. The van der Waals surface area contributed by atoms with E-state index < -0.39 is 5.92 Å². The molecule has 2 N–H and O–H groups in total. The van der Waals surface area contributed by atoms with Gasteiger partial charge in [-0.25, -0.2) is 0 Å². The standard InChI is InChI=1S/C24H21NO3/c1-24(2)11-16-20(18(27)12-24)19(15-9-5-6-10-17(15)26)21-22(25-16)13-7-3-4-8-14(13)23(21)28/h3-10,19,25-26H,11-12H2,1-2H3. The molecule has 2 aromatic carbocycles. The zero-order valence-corrected chi connectivity index (χ0v) is 15.9. The highest BCUT2D eigenvalue weighted by Crippen LogP contribution is 2.52. The van der Waals surface area contributed by atoms with Crippen LogP contribution in [-0.4, -0.2) is 16.7 Å². The Hall–Kier alpha value is -3.14. The zero-order valence-electron chi connectivity index (χ0n) is 15.9. The molecule has 0 amide bonds. The lowest BCUT2D eigenvalue weighted by Crippen LogP contribution is -2.37. The number of rotatable bonds is 1. The summed E-state index contributed by atoms with van der Waals surface area (Å²) in [5.74, 6) is -0.469. The monoisotopic (exact) mass is 371 g/mol. The van der Waals surface area contributed by atoms with Crippen LogP contribution < -0.4 is 5.32 Å². The number of hydrogen-bond donors (Lipinski definition) is 2. The van der Waals surface area contributed by atoms with Gasteiger partial charge in [-0.3, -0.25) is 9.59 Å². The third-order valence-corrected chi connectivity index (χ3v) is 5.98. The number of ketones is 2. The lowest BCUT2D eigenvalue weighted by molar-refractivity contribution is -0.118. The van der Waals surface area contributed by atoms with Crippen molar-refractivity contribution in [3.8, 4) is 5.75 Å². The molecule has 3 aliphatic rings. The molecule has 0 spiro atoms. The van der Waals surface area contributed by atoms with Crippen molar-refractivity contribution in [2.45, 2.75) is 32.6 Å². The molecule has 28 heavy (non-hydrogen) atoms. The van der Waals surface area contributed by atoms with E-state index in [1.54, 1.807) is 12.1 Å². The summed E-state index contributed by atoms with van der Waals surface area (Å²) in [5.41, 5.74) is 4.81. The van der Waals surface area contributed by atoms with Crippen molar-refractivity contribution in [1.29, 1.82) is 0 Å². The summed E-state index contributed by atoms with van der Waals surface area (Å²) in [4.78, 5) is 26.5. The highest BCUT2D eigenvalue weighted by atomic mass is 16.3. The molecule has 4 heteroatoms. The van der Waals surface area contributed by atoms with Gasteiger partial charge in [0, 0.05) is 45.9 Å². The quantitative estimate of drug-likeness (QED) is 0.783. The molecule has 0 bridgehead atoms. The number of phenolic OH excluding ortho intramolecular Hbond substituents is 1. The fourth-order valence-corrected chi connectivity index (χ4v) is 4.83. The number of benzene rings is 2. The molecule has 5 rings (SSSR count). The molecule has 0 saturated carbocycles. The summed E-state index contributed by atoms with van der Waals surface area (Å²) < 4.78 is 0. The molecule has 0 saturated heterocycles. The number of Topliss-reactive ketones (excluding diaryl/α,β-unsaturated/α-hetero) is 2. The summed E-state index contributed by atoms with van der Waals surface area (Å²) in [6.45, 7) is 4.17. The minimum absolute atomic E-state index is 0.0438. The molecular formula is C24H21NO3. The number of aromatic hydroxyl groups is 1. The molecule has 4 nitrogen and oxygen atoms in total. The molecule has 140 valence electrons. The van der Waals surface area contributed by atoms with Gasteiger partial charge in [0.1, 0.15) is 5.75 Å². The maximum Gasteiger partial charge on any atom is 0.192 e. The van der Waals surface area contributed by atoms with E-state index >= 15 is 0 Å². The van der Waals surface area contributed by atoms with Crippen LogP contribution in [0.4, 0.5) is 0 Å². The van der Waals surface area contributed by atoms with E-state index in [1.165, 1.54) is 0 Å². The Morgan fingerprint density at radius 3 is 2.36 bits per heavy atom. The first-order valence-corrected chi connectivity index (χ1v) is 9.57. The number of para-hydroxylation sites is 1. The van der Waals surface area contributed by atoms with Gasteiger partial charge < -0.3 is 10.4 Å². The van der Waals surface area contributed by atoms with E-state index in [-0.39, 0.29) is 22.7 Å². The third-order valence-electron chi connectivity index (χ3n) is 5.98. The number of dihydropyridines is 1. The molecule has 0 fully saturated rings. The van der Waals surface area contributed by atoms with Crippen LogP contribution in [0.1, 0.15) is 54.1 Å². The number of carbonyl (C=O) groups excluding carboxylic acids is 2. The van der Waals surface area contributed by atoms with Crippen LogP contribution in [0.25, 0.3) is 5.70 Å². The Balaban J connectivity index is 1.78. The third kappa shape index (κ3) is 2.30. The first kappa shape index (κ1) is 17.0. The van der Waals surface area contributed by atoms with Gasteiger partial charge in [-0.05, 0) is 17.9 Å². The molecular weight excluding hydrogens is 350 g/mol. The molecule has 2 aromatic rings. The van der Waals surface area contributed by atoms with Gasteiger partial charge in [-0.2, -0.15) is 0 Å². The Kier molecular flexibility index (Phi) is 3.45. The molecule has 2 aliphatic carbocycles. The van der Waals surface area contributed by atoms with Gasteiger partial charge in [0.25, 0.3) is 0 Å². The van der Waals surface area contributed by atoms with Crippen molar-refractivity contribution < 1.29 is 14.7 Å².